The molecule has 2 aliphatic rings. The fourth-order valence-corrected chi connectivity index (χ4v) is 4.79. The van der Waals surface area contributed by atoms with E-state index in [2.05, 4.69) is 14.9 Å². The lowest BCUT2D eigenvalue weighted by atomic mass is 9.96. The Morgan fingerprint density at radius 2 is 1.83 bits per heavy atom. The average molecular weight is 409 g/mol. The molecule has 0 unspecified atom stereocenters. The van der Waals surface area contributed by atoms with Gasteiger partial charge >= 0.3 is 0 Å². The summed E-state index contributed by atoms with van der Waals surface area (Å²) in [4.78, 5) is 12.1. The van der Waals surface area contributed by atoms with Gasteiger partial charge in [0.05, 0.1) is 11.6 Å². The predicted octanol–water partition coefficient (Wildman–Crippen LogP) is 5.50. The molecule has 1 saturated heterocycles. The van der Waals surface area contributed by atoms with Gasteiger partial charge in [-0.1, -0.05) is 0 Å². The number of benzene rings is 2. The third-order valence-electron chi connectivity index (χ3n) is 5.22. The van der Waals surface area contributed by atoms with Gasteiger partial charge in [0, 0.05) is 42.1 Å². The predicted molar refractivity (Wildman–Crippen MR) is 111 cm³/mol. The molecule has 0 aliphatic carbocycles. The number of aromatic nitrogens is 2. The molecule has 3 aromatic rings. The Bertz CT molecular complexity index is 1010. The van der Waals surface area contributed by atoms with E-state index in [0.29, 0.717) is 17.5 Å². The Balaban J connectivity index is 1.35. The highest BCUT2D eigenvalue weighted by molar-refractivity contribution is 7.99. The van der Waals surface area contributed by atoms with Crippen LogP contribution in [-0.2, 0) is 4.74 Å². The zero-order chi connectivity index (χ0) is 19.6. The molecule has 7 heteroatoms. The first kappa shape index (κ1) is 18.4. The van der Waals surface area contributed by atoms with Gasteiger partial charge < -0.3 is 14.4 Å². The zero-order valence-electron chi connectivity index (χ0n) is 15.8. The summed E-state index contributed by atoms with van der Waals surface area (Å²) in [6, 6.07) is 12.8. The molecule has 0 amide bonds. The van der Waals surface area contributed by atoms with Crippen LogP contribution in [-0.4, -0.2) is 29.1 Å². The highest BCUT2D eigenvalue weighted by atomic mass is 32.2. The van der Waals surface area contributed by atoms with E-state index >= 15 is 0 Å². The summed E-state index contributed by atoms with van der Waals surface area (Å²) in [5, 5.41) is 0. The van der Waals surface area contributed by atoms with Crippen molar-refractivity contribution in [1.29, 1.82) is 0 Å². The lowest BCUT2D eigenvalue weighted by Crippen LogP contribution is -2.16. The quantitative estimate of drug-likeness (QED) is 0.567. The number of anilines is 2. The Labute approximate surface area is 172 Å². The van der Waals surface area contributed by atoms with Crippen molar-refractivity contribution in [3.63, 3.8) is 0 Å². The molecule has 5 rings (SSSR count). The van der Waals surface area contributed by atoms with Crippen molar-refractivity contribution in [2.24, 2.45) is 0 Å². The van der Waals surface area contributed by atoms with Crippen LogP contribution < -0.4 is 9.64 Å². The monoisotopic (exact) mass is 409 g/mol. The lowest BCUT2D eigenvalue weighted by Gasteiger charge is -2.22. The van der Waals surface area contributed by atoms with Gasteiger partial charge in [-0.05, 0) is 55.3 Å². The zero-order valence-corrected chi connectivity index (χ0v) is 16.6. The van der Waals surface area contributed by atoms with Crippen molar-refractivity contribution in [2.45, 2.75) is 23.7 Å². The first-order chi connectivity index (χ1) is 14.3. The number of ether oxygens (including phenoxy) is 2. The second-order valence-corrected chi connectivity index (χ2v) is 8.03. The summed E-state index contributed by atoms with van der Waals surface area (Å²) in [5.41, 5.74) is 2.96. The topological polar surface area (TPSA) is 47.5 Å². The van der Waals surface area contributed by atoms with Crippen LogP contribution in [0.5, 0.6) is 11.6 Å². The first-order valence-electron chi connectivity index (χ1n) is 9.64. The number of halogens is 1. The van der Waals surface area contributed by atoms with Crippen molar-refractivity contribution in [3.05, 3.63) is 66.4 Å². The van der Waals surface area contributed by atoms with E-state index < -0.39 is 0 Å². The lowest BCUT2D eigenvalue weighted by molar-refractivity contribution is 0.0839. The normalized spacial score (nSPS) is 16.7. The van der Waals surface area contributed by atoms with Crippen LogP contribution in [0.25, 0.3) is 0 Å². The third-order valence-corrected chi connectivity index (χ3v) is 6.25. The molecule has 1 aromatic heterocycles. The Morgan fingerprint density at radius 1 is 1.03 bits per heavy atom. The van der Waals surface area contributed by atoms with Crippen LogP contribution in [0.2, 0.25) is 0 Å². The maximum atomic E-state index is 13.5. The molecule has 29 heavy (non-hydrogen) atoms. The molecule has 5 nitrogen and oxygen atoms in total. The fraction of sp³-hybridized carbons (Fsp3) is 0.273. The van der Waals surface area contributed by atoms with Gasteiger partial charge in [-0.15, -0.1) is 11.8 Å². The molecular weight excluding hydrogens is 389 g/mol. The van der Waals surface area contributed by atoms with E-state index in [-0.39, 0.29) is 5.82 Å². The first-order valence-corrected chi connectivity index (χ1v) is 10.6. The summed E-state index contributed by atoms with van der Waals surface area (Å²) in [5.74, 6) is 2.15. The molecule has 0 spiro atoms. The number of hydrogen-bond acceptors (Lipinski definition) is 6. The van der Waals surface area contributed by atoms with Gasteiger partial charge in [0.25, 0.3) is 0 Å². The van der Waals surface area contributed by atoms with E-state index in [1.54, 1.807) is 30.2 Å². The van der Waals surface area contributed by atoms with Crippen molar-refractivity contribution in [2.75, 3.05) is 24.0 Å². The molecule has 0 saturated carbocycles. The van der Waals surface area contributed by atoms with Crippen LogP contribution in [0.4, 0.5) is 15.8 Å². The molecule has 1 fully saturated rings. The molecule has 0 N–H and O–H groups in total. The van der Waals surface area contributed by atoms with Gasteiger partial charge in [0.1, 0.15) is 17.3 Å². The number of rotatable bonds is 4. The van der Waals surface area contributed by atoms with Crippen LogP contribution in [0.3, 0.4) is 0 Å². The van der Waals surface area contributed by atoms with Crippen molar-refractivity contribution < 1.29 is 13.9 Å². The summed E-state index contributed by atoms with van der Waals surface area (Å²) >= 11 is 1.64. The minimum Gasteiger partial charge on any atom is -0.437 e. The second kappa shape index (κ2) is 8.00. The van der Waals surface area contributed by atoms with Crippen LogP contribution in [0, 0.1) is 5.82 Å². The SMILES string of the molecule is Fc1ccc2c(c1)SCN2c1ccc(Oc2nccnc2C2CCOCC2)cc1. The van der Waals surface area contributed by atoms with Crippen molar-refractivity contribution in [3.8, 4) is 11.6 Å². The van der Waals surface area contributed by atoms with Crippen LogP contribution in [0.1, 0.15) is 24.5 Å². The van der Waals surface area contributed by atoms with Crippen LogP contribution >= 0.6 is 11.8 Å². The number of nitrogens with zero attached hydrogens (tertiary/aromatic N) is 3. The maximum Gasteiger partial charge on any atom is 0.241 e. The molecular formula is C22H20FN3O2S. The van der Waals surface area contributed by atoms with E-state index in [9.17, 15) is 4.39 Å². The standard InChI is InChI=1S/C22H20FN3O2S/c23-16-1-6-19-20(13-16)29-14-26(19)17-2-4-18(5-3-17)28-22-21(24-9-10-25-22)15-7-11-27-12-8-15/h1-6,9-10,13,15H,7-8,11-12,14H2. The van der Waals surface area contributed by atoms with Gasteiger partial charge in [-0.25, -0.2) is 9.37 Å². The Kier molecular flexibility index (Phi) is 5.08. The summed E-state index contributed by atoms with van der Waals surface area (Å²) < 4.78 is 25.0. The van der Waals surface area contributed by atoms with Crippen molar-refractivity contribution in [1.82, 2.24) is 9.97 Å². The summed E-state index contributed by atoms with van der Waals surface area (Å²) in [7, 11) is 0. The largest absolute Gasteiger partial charge is 0.437 e. The number of thioether (sulfide) groups is 1. The molecule has 0 radical (unpaired) electrons. The van der Waals surface area contributed by atoms with E-state index in [1.165, 1.54) is 6.07 Å². The maximum absolute atomic E-state index is 13.5. The Morgan fingerprint density at radius 3 is 2.66 bits per heavy atom. The van der Waals surface area contributed by atoms with Gasteiger partial charge in [0.15, 0.2) is 0 Å². The number of fused-ring (bicyclic) bond motifs is 1. The van der Waals surface area contributed by atoms with Crippen molar-refractivity contribution >= 4 is 23.1 Å². The van der Waals surface area contributed by atoms with Crippen LogP contribution in [0.15, 0.2) is 59.8 Å². The Hall–Kier alpha value is -2.64. The van der Waals surface area contributed by atoms with Gasteiger partial charge in [-0.3, -0.25) is 4.98 Å². The van der Waals surface area contributed by atoms with E-state index in [1.807, 2.05) is 30.3 Å². The fourth-order valence-electron chi connectivity index (χ4n) is 3.72. The third kappa shape index (κ3) is 3.80. The van der Waals surface area contributed by atoms with Gasteiger partial charge in [-0.2, -0.15) is 0 Å². The van der Waals surface area contributed by atoms with E-state index in [4.69, 9.17) is 9.47 Å². The summed E-state index contributed by atoms with van der Waals surface area (Å²) in [6.45, 7) is 1.49. The molecule has 2 aliphatic heterocycles. The van der Waals surface area contributed by atoms with Gasteiger partial charge in [0.2, 0.25) is 5.88 Å². The highest BCUT2D eigenvalue weighted by Crippen LogP contribution is 2.43. The molecule has 3 heterocycles. The number of hydrogen-bond donors (Lipinski definition) is 0. The minimum absolute atomic E-state index is 0.203. The minimum atomic E-state index is -0.203. The second-order valence-electron chi connectivity index (χ2n) is 7.04. The molecule has 0 atom stereocenters. The average Bonchev–Trinajstić information content (AvgIpc) is 3.18. The molecule has 0 bridgehead atoms. The molecule has 2 aromatic carbocycles. The smallest absolute Gasteiger partial charge is 0.241 e. The molecule has 148 valence electrons. The van der Waals surface area contributed by atoms with E-state index in [0.717, 1.165) is 53.9 Å². The highest BCUT2D eigenvalue weighted by Gasteiger charge is 2.23. The summed E-state index contributed by atoms with van der Waals surface area (Å²) in [6.07, 6.45) is 5.23.